The Morgan fingerprint density at radius 1 is 1.12 bits per heavy atom. The van der Waals surface area contributed by atoms with Gasteiger partial charge in [-0.3, -0.25) is 4.79 Å². The minimum atomic E-state index is -1.27. The first-order valence-corrected chi connectivity index (χ1v) is 8.34. The van der Waals surface area contributed by atoms with Crippen LogP contribution >= 0.6 is 0 Å². The van der Waals surface area contributed by atoms with E-state index in [4.69, 9.17) is 4.74 Å². The van der Waals surface area contributed by atoms with Gasteiger partial charge in [-0.15, -0.1) is 0 Å². The number of nitrogens with one attached hydrogen (secondary N) is 1. The standard InChI is InChI=1S/C17H19F3N4O2/c18-12-10-14(20)15(11-13(12)19)26-9-1-5-24-8-4-22-16(17(24)25)23-6-2-21-3-7-23/h4,8,10-11,21H,1-3,5-7,9H2. The molecule has 2 heterocycles. The van der Waals surface area contributed by atoms with Crippen LogP contribution in [0.5, 0.6) is 5.75 Å². The van der Waals surface area contributed by atoms with Crippen LogP contribution in [0.2, 0.25) is 0 Å². The van der Waals surface area contributed by atoms with Crippen molar-refractivity contribution in [1.82, 2.24) is 14.9 Å². The smallest absolute Gasteiger partial charge is 0.293 e. The zero-order valence-corrected chi connectivity index (χ0v) is 14.1. The molecule has 0 radical (unpaired) electrons. The van der Waals surface area contributed by atoms with Crippen LogP contribution in [0.4, 0.5) is 19.0 Å². The molecule has 9 heteroatoms. The van der Waals surface area contributed by atoms with Crippen molar-refractivity contribution in [3.05, 3.63) is 52.3 Å². The van der Waals surface area contributed by atoms with E-state index in [1.807, 2.05) is 4.90 Å². The number of benzene rings is 1. The van der Waals surface area contributed by atoms with Crippen LogP contribution in [-0.4, -0.2) is 42.3 Å². The molecule has 6 nitrogen and oxygen atoms in total. The Bertz CT molecular complexity index is 822. The van der Waals surface area contributed by atoms with Gasteiger partial charge in [0.1, 0.15) is 0 Å². The summed E-state index contributed by atoms with van der Waals surface area (Å²) in [6, 6.07) is 1.11. The van der Waals surface area contributed by atoms with E-state index in [0.717, 1.165) is 13.1 Å². The predicted octanol–water partition coefficient (Wildman–Crippen LogP) is 1.54. The van der Waals surface area contributed by atoms with Crippen LogP contribution in [0, 0.1) is 17.5 Å². The number of ether oxygens (including phenoxy) is 1. The van der Waals surface area contributed by atoms with Crippen molar-refractivity contribution in [2.24, 2.45) is 0 Å². The van der Waals surface area contributed by atoms with Crippen molar-refractivity contribution >= 4 is 5.82 Å². The SMILES string of the molecule is O=c1c(N2CCNCC2)nccn1CCCOc1cc(F)c(F)cc1F. The summed E-state index contributed by atoms with van der Waals surface area (Å²) in [5.74, 6) is -3.36. The maximum Gasteiger partial charge on any atom is 0.293 e. The van der Waals surface area contributed by atoms with Gasteiger partial charge >= 0.3 is 0 Å². The number of halogens is 3. The summed E-state index contributed by atoms with van der Waals surface area (Å²) in [4.78, 5) is 18.6. The van der Waals surface area contributed by atoms with Crippen molar-refractivity contribution in [1.29, 1.82) is 0 Å². The summed E-state index contributed by atoms with van der Waals surface area (Å²) in [5, 5.41) is 3.21. The third kappa shape index (κ3) is 4.16. The van der Waals surface area contributed by atoms with Crippen LogP contribution in [0.15, 0.2) is 29.3 Å². The number of hydrogen-bond acceptors (Lipinski definition) is 5. The fourth-order valence-electron chi connectivity index (χ4n) is 2.74. The van der Waals surface area contributed by atoms with Gasteiger partial charge in [-0.1, -0.05) is 0 Å². The largest absolute Gasteiger partial charge is 0.490 e. The fourth-order valence-corrected chi connectivity index (χ4v) is 2.74. The van der Waals surface area contributed by atoms with E-state index >= 15 is 0 Å². The Kier molecular flexibility index (Phi) is 5.77. The quantitative estimate of drug-likeness (QED) is 0.619. The Labute approximate surface area is 148 Å². The fraction of sp³-hybridized carbons (Fsp3) is 0.412. The lowest BCUT2D eigenvalue weighted by atomic mass is 10.3. The summed E-state index contributed by atoms with van der Waals surface area (Å²) < 4.78 is 46.2. The van der Waals surface area contributed by atoms with Crippen molar-refractivity contribution in [2.45, 2.75) is 13.0 Å². The molecule has 0 aliphatic carbocycles. The number of aryl methyl sites for hydroxylation is 1. The van der Waals surface area contributed by atoms with Crippen molar-refractivity contribution < 1.29 is 17.9 Å². The molecule has 0 atom stereocenters. The van der Waals surface area contributed by atoms with E-state index in [2.05, 4.69) is 10.3 Å². The van der Waals surface area contributed by atoms with Crippen molar-refractivity contribution in [3.63, 3.8) is 0 Å². The molecule has 1 saturated heterocycles. The molecule has 1 aliphatic rings. The number of rotatable bonds is 6. The van der Waals surface area contributed by atoms with E-state index in [1.54, 1.807) is 12.4 Å². The van der Waals surface area contributed by atoms with Gasteiger partial charge < -0.3 is 19.5 Å². The van der Waals surface area contributed by atoms with Gasteiger partial charge in [-0.05, 0) is 6.42 Å². The average molecular weight is 368 g/mol. The number of nitrogens with zero attached hydrogens (tertiary/aromatic N) is 3. The molecular formula is C17H19F3N4O2. The molecular weight excluding hydrogens is 349 g/mol. The minimum Gasteiger partial charge on any atom is -0.490 e. The first-order chi connectivity index (χ1) is 12.6. The molecule has 1 aromatic carbocycles. The lowest BCUT2D eigenvalue weighted by molar-refractivity contribution is 0.283. The van der Waals surface area contributed by atoms with Gasteiger partial charge in [-0.25, -0.2) is 18.2 Å². The highest BCUT2D eigenvalue weighted by Gasteiger charge is 2.16. The van der Waals surface area contributed by atoms with Gasteiger partial charge in [0, 0.05) is 57.3 Å². The van der Waals surface area contributed by atoms with Gasteiger partial charge in [0.2, 0.25) is 0 Å². The molecule has 0 spiro atoms. The molecule has 0 unspecified atom stereocenters. The molecule has 1 aromatic heterocycles. The summed E-state index contributed by atoms with van der Waals surface area (Å²) >= 11 is 0. The van der Waals surface area contributed by atoms with E-state index in [0.29, 0.717) is 44.0 Å². The number of hydrogen-bond donors (Lipinski definition) is 1. The van der Waals surface area contributed by atoms with Crippen LogP contribution in [0.3, 0.4) is 0 Å². The highest BCUT2D eigenvalue weighted by Crippen LogP contribution is 2.20. The zero-order chi connectivity index (χ0) is 18.5. The highest BCUT2D eigenvalue weighted by atomic mass is 19.2. The maximum absolute atomic E-state index is 13.5. The second-order valence-corrected chi connectivity index (χ2v) is 5.89. The summed E-state index contributed by atoms with van der Waals surface area (Å²) in [5.41, 5.74) is -0.201. The third-order valence-corrected chi connectivity index (χ3v) is 4.09. The van der Waals surface area contributed by atoms with Gasteiger partial charge in [0.25, 0.3) is 5.56 Å². The van der Waals surface area contributed by atoms with Crippen LogP contribution in [0.1, 0.15) is 6.42 Å². The zero-order valence-electron chi connectivity index (χ0n) is 14.1. The molecule has 0 amide bonds. The molecule has 1 aliphatic heterocycles. The van der Waals surface area contributed by atoms with Gasteiger partial charge in [0.15, 0.2) is 29.0 Å². The molecule has 1 fully saturated rings. The summed E-state index contributed by atoms with van der Waals surface area (Å²) in [6.07, 6.45) is 3.53. The third-order valence-electron chi connectivity index (χ3n) is 4.09. The predicted molar refractivity (Wildman–Crippen MR) is 90.0 cm³/mol. The number of anilines is 1. The average Bonchev–Trinajstić information content (AvgIpc) is 2.64. The molecule has 0 bridgehead atoms. The Hall–Kier alpha value is -2.55. The Balaban J connectivity index is 1.58. The second-order valence-electron chi connectivity index (χ2n) is 5.89. The molecule has 140 valence electrons. The number of piperazine rings is 1. The van der Waals surface area contributed by atoms with E-state index < -0.39 is 17.5 Å². The first kappa shape index (κ1) is 18.2. The van der Waals surface area contributed by atoms with E-state index in [-0.39, 0.29) is 17.9 Å². The molecule has 1 N–H and O–H groups in total. The summed E-state index contributed by atoms with van der Waals surface area (Å²) in [7, 11) is 0. The maximum atomic E-state index is 13.5. The number of aromatic nitrogens is 2. The molecule has 0 saturated carbocycles. The van der Waals surface area contributed by atoms with Crippen molar-refractivity contribution in [3.8, 4) is 5.75 Å². The Morgan fingerprint density at radius 2 is 1.85 bits per heavy atom. The highest BCUT2D eigenvalue weighted by molar-refractivity contribution is 5.36. The van der Waals surface area contributed by atoms with Crippen molar-refractivity contribution in [2.75, 3.05) is 37.7 Å². The topological polar surface area (TPSA) is 59.4 Å². The first-order valence-electron chi connectivity index (χ1n) is 8.34. The van der Waals surface area contributed by atoms with E-state index in [1.165, 1.54) is 4.57 Å². The lowest BCUT2D eigenvalue weighted by Gasteiger charge is -2.27. The summed E-state index contributed by atoms with van der Waals surface area (Å²) in [6.45, 7) is 3.41. The molecule has 3 rings (SSSR count). The van der Waals surface area contributed by atoms with Gasteiger partial charge in [0.05, 0.1) is 6.61 Å². The monoisotopic (exact) mass is 368 g/mol. The second kappa shape index (κ2) is 8.22. The van der Waals surface area contributed by atoms with Crippen LogP contribution in [-0.2, 0) is 6.54 Å². The van der Waals surface area contributed by atoms with Crippen LogP contribution in [0.25, 0.3) is 0 Å². The van der Waals surface area contributed by atoms with Gasteiger partial charge in [-0.2, -0.15) is 0 Å². The normalized spacial score (nSPS) is 14.5. The van der Waals surface area contributed by atoms with E-state index in [9.17, 15) is 18.0 Å². The molecule has 2 aromatic rings. The molecule has 26 heavy (non-hydrogen) atoms. The minimum absolute atomic E-state index is 0.0553. The van der Waals surface area contributed by atoms with Crippen LogP contribution < -0.4 is 20.5 Å². The Morgan fingerprint density at radius 3 is 2.62 bits per heavy atom. The lowest BCUT2D eigenvalue weighted by Crippen LogP contribution is -2.46.